The van der Waals surface area contributed by atoms with Crippen LogP contribution in [0.5, 0.6) is 17.2 Å². The molecule has 0 bridgehead atoms. The highest BCUT2D eigenvalue weighted by molar-refractivity contribution is 6.00. The largest absolute Gasteiger partial charge is 0.493 e. The molecule has 3 aromatic carbocycles. The van der Waals surface area contributed by atoms with Gasteiger partial charge in [0.15, 0.2) is 11.5 Å². The number of rotatable bonds is 18. The molecule has 0 radical (unpaired) electrons. The van der Waals surface area contributed by atoms with Crippen LogP contribution in [0.3, 0.4) is 0 Å². The summed E-state index contributed by atoms with van der Waals surface area (Å²) in [5.74, 6) is -1.02. The minimum absolute atomic E-state index is 0.232. The maximum atomic E-state index is 12.4. The predicted octanol–water partition coefficient (Wildman–Crippen LogP) is 7.56. The molecule has 0 aliphatic carbocycles. The summed E-state index contributed by atoms with van der Waals surface area (Å²) in [5, 5.41) is 0. The highest BCUT2D eigenvalue weighted by Gasteiger charge is 2.11. The fourth-order valence-electron chi connectivity index (χ4n) is 4.10. The first-order chi connectivity index (χ1) is 23.7. The molecule has 0 fully saturated rings. The summed E-state index contributed by atoms with van der Waals surface area (Å²) in [5.41, 5.74) is 2.62. The lowest BCUT2D eigenvalue weighted by Crippen LogP contribution is -2.09. The van der Waals surface area contributed by atoms with E-state index in [0.29, 0.717) is 30.5 Å². The highest BCUT2D eigenvalue weighted by atomic mass is 16.6. The van der Waals surface area contributed by atoms with Gasteiger partial charge in [0.05, 0.1) is 25.9 Å². The second-order valence-electron chi connectivity index (χ2n) is 10.1. The summed E-state index contributed by atoms with van der Waals surface area (Å²) in [7, 11) is 1.55. The van der Waals surface area contributed by atoms with E-state index in [9.17, 15) is 19.2 Å². The number of carbonyl (C=O) groups excluding carboxylic acids is 4. The lowest BCUT2D eigenvalue weighted by molar-refractivity contribution is -0.138. The number of hydrogen-bond acceptors (Lipinski definition) is 10. The Morgan fingerprint density at radius 2 is 1.31 bits per heavy atom. The summed E-state index contributed by atoms with van der Waals surface area (Å²) in [6.07, 6.45) is 8.51. The topological polar surface area (TPSA) is 124 Å². The Morgan fingerprint density at radius 3 is 1.88 bits per heavy atom. The van der Waals surface area contributed by atoms with E-state index in [0.717, 1.165) is 67.7 Å². The van der Waals surface area contributed by atoms with E-state index in [2.05, 4.69) is 17.9 Å². The van der Waals surface area contributed by atoms with Gasteiger partial charge in [-0.2, -0.15) is 0 Å². The van der Waals surface area contributed by atoms with Gasteiger partial charge in [-0.15, -0.1) is 0 Å². The van der Waals surface area contributed by atoms with Crippen molar-refractivity contribution < 1.29 is 47.6 Å². The SMILES string of the molecule is C=CC(=O)OCCCCCCOc1ccc(/C=C/C(=O)Oc2ccc(-c3ccc(C(=O)OC(=O)C=C)cc3)cc2)cc1OC.CCOCC. The van der Waals surface area contributed by atoms with Gasteiger partial charge < -0.3 is 28.4 Å². The van der Waals surface area contributed by atoms with Crippen molar-refractivity contribution in [2.45, 2.75) is 39.5 Å². The molecule has 10 heteroatoms. The zero-order valence-corrected chi connectivity index (χ0v) is 28.3. The Morgan fingerprint density at radius 1 is 0.694 bits per heavy atom. The summed E-state index contributed by atoms with van der Waals surface area (Å²) < 4.78 is 31.1. The van der Waals surface area contributed by atoms with Crippen molar-refractivity contribution in [2.75, 3.05) is 33.5 Å². The average Bonchev–Trinajstić information content (AvgIpc) is 3.12. The van der Waals surface area contributed by atoms with Crippen molar-refractivity contribution in [3.63, 3.8) is 0 Å². The van der Waals surface area contributed by atoms with Crippen molar-refractivity contribution >= 4 is 30.0 Å². The molecule has 0 heterocycles. The minimum atomic E-state index is -0.816. The first-order valence-electron chi connectivity index (χ1n) is 15.9. The summed E-state index contributed by atoms with van der Waals surface area (Å²) in [4.78, 5) is 46.6. The van der Waals surface area contributed by atoms with Crippen molar-refractivity contribution in [1.29, 1.82) is 0 Å². The third kappa shape index (κ3) is 15.3. The third-order valence-electron chi connectivity index (χ3n) is 6.60. The van der Waals surface area contributed by atoms with Crippen molar-refractivity contribution in [1.82, 2.24) is 0 Å². The molecule has 0 saturated heterocycles. The zero-order chi connectivity index (χ0) is 35.9. The quantitative estimate of drug-likeness (QED) is 0.0440. The van der Waals surface area contributed by atoms with E-state index < -0.39 is 23.9 Å². The highest BCUT2D eigenvalue weighted by Crippen LogP contribution is 2.29. The van der Waals surface area contributed by atoms with Crippen LogP contribution in [0.15, 0.2) is 98.1 Å². The molecule has 0 N–H and O–H groups in total. The Labute approximate surface area is 287 Å². The number of hydrogen-bond donors (Lipinski definition) is 0. The summed E-state index contributed by atoms with van der Waals surface area (Å²) in [6, 6.07) is 18.8. The van der Waals surface area contributed by atoms with Gasteiger partial charge in [-0.25, -0.2) is 19.2 Å². The maximum absolute atomic E-state index is 12.4. The molecular formula is C39H44O10. The molecule has 0 aliphatic heterocycles. The molecule has 10 nitrogen and oxygen atoms in total. The lowest BCUT2D eigenvalue weighted by atomic mass is 10.0. The molecule has 0 aliphatic rings. The van der Waals surface area contributed by atoms with Gasteiger partial charge in [0, 0.05) is 31.4 Å². The molecule has 3 aromatic rings. The Balaban J connectivity index is 0.00000155. The molecule has 260 valence electrons. The van der Waals surface area contributed by atoms with Gasteiger partial charge in [-0.1, -0.05) is 43.5 Å². The maximum Gasteiger partial charge on any atom is 0.346 e. The fraction of sp³-hybridized carbons (Fsp3) is 0.282. The first-order valence-corrected chi connectivity index (χ1v) is 15.9. The van der Waals surface area contributed by atoms with Crippen LogP contribution in [0.2, 0.25) is 0 Å². The van der Waals surface area contributed by atoms with Gasteiger partial charge in [-0.3, -0.25) is 0 Å². The van der Waals surface area contributed by atoms with Gasteiger partial charge in [0.1, 0.15) is 5.75 Å². The van der Waals surface area contributed by atoms with E-state index in [4.69, 9.17) is 23.7 Å². The molecule has 0 saturated carbocycles. The molecular weight excluding hydrogens is 628 g/mol. The summed E-state index contributed by atoms with van der Waals surface area (Å²) in [6.45, 7) is 13.2. The molecule has 49 heavy (non-hydrogen) atoms. The van der Waals surface area contributed by atoms with Crippen LogP contribution >= 0.6 is 0 Å². The zero-order valence-electron chi connectivity index (χ0n) is 28.3. The van der Waals surface area contributed by atoms with E-state index in [-0.39, 0.29) is 5.56 Å². The number of benzene rings is 3. The van der Waals surface area contributed by atoms with Gasteiger partial charge in [0.25, 0.3) is 0 Å². The van der Waals surface area contributed by atoms with Crippen LogP contribution in [0.25, 0.3) is 17.2 Å². The van der Waals surface area contributed by atoms with Gasteiger partial charge in [-0.05, 0) is 98.7 Å². The molecule has 0 atom stereocenters. The normalized spacial score (nSPS) is 10.3. The number of ether oxygens (including phenoxy) is 6. The smallest absolute Gasteiger partial charge is 0.346 e. The predicted molar refractivity (Wildman–Crippen MR) is 187 cm³/mol. The number of carbonyl (C=O) groups is 4. The van der Waals surface area contributed by atoms with Crippen molar-refractivity contribution in [2.24, 2.45) is 0 Å². The van der Waals surface area contributed by atoms with Crippen molar-refractivity contribution in [3.05, 3.63) is 109 Å². The first kappa shape index (κ1) is 39.7. The molecule has 0 amide bonds. The van der Waals surface area contributed by atoms with Crippen LogP contribution in [-0.4, -0.2) is 57.4 Å². The summed E-state index contributed by atoms with van der Waals surface area (Å²) >= 11 is 0. The second-order valence-corrected chi connectivity index (χ2v) is 10.1. The number of esters is 4. The standard InChI is InChI=1S/C35H34O9.C4H10O/c1-4-32(36)42-23-9-7-6-8-22-41-30-20-10-25(24-31(30)40-3)11-21-34(38)43-29-18-16-27(17-19-29)26-12-14-28(15-13-26)35(39)44-33(37)5-2;1-3-5-4-2/h4-5,10-21,24H,1-2,6-9,22-23H2,3H3;3-4H2,1-2H3/b21-11+;. The van der Waals surface area contributed by atoms with Crippen LogP contribution in [0, 0.1) is 0 Å². The second kappa shape index (κ2) is 22.9. The van der Waals surface area contributed by atoms with Gasteiger partial charge >= 0.3 is 23.9 Å². The molecule has 3 rings (SSSR count). The van der Waals surface area contributed by atoms with E-state index in [1.54, 1.807) is 73.8 Å². The van der Waals surface area contributed by atoms with Crippen LogP contribution < -0.4 is 14.2 Å². The van der Waals surface area contributed by atoms with Crippen LogP contribution in [-0.2, 0) is 28.6 Å². The van der Waals surface area contributed by atoms with E-state index >= 15 is 0 Å². The minimum Gasteiger partial charge on any atom is -0.493 e. The molecule has 0 aromatic heterocycles. The van der Waals surface area contributed by atoms with Gasteiger partial charge in [0.2, 0.25) is 0 Å². The number of unbranched alkanes of at least 4 members (excludes halogenated alkanes) is 3. The Bertz CT molecular complexity index is 1540. The Kier molecular flexibility index (Phi) is 18.6. The lowest BCUT2D eigenvalue weighted by Gasteiger charge is -2.11. The van der Waals surface area contributed by atoms with Crippen LogP contribution in [0.1, 0.15) is 55.5 Å². The molecule has 0 unspecified atom stereocenters. The third-order valence-corrected chi connectivity index (χ3v) is 6.60. The monoisotopic (exact) mass is 672 g/mol. The van der Waals surface area contributed by atoms with Crippen molar-refractivity contribution in [3.8, 4) is 28.4 Å². The van der Waals surface area contributed by atoms with E-state index in [1.165, 1.54) is 6.08 Å². The molecule has 0 spiro atoms. The fourth-order valence-corrected chi connectivity index (χ4v) is 4.10. The average molecular weight is 673 g/mol. The van der Waals surface area contributed by atoms with Crippen LogP contribution in [0.4, 0.5) is 0 Å². The Hall–Kier alpha value is -5.48. The number of methoxy groups -OCH3 is 1. The van der Waals surface area contributed by atoms with E-state index in [1.807, 2.05) is 19.9 Å².